The number of halogens is 1. The van der Waals surface area contributed by atoms with Crippen LogP contribution in [-0.2, 0) is 6.42 Å². The summed E-state index contributed by atoms with van der Waals surface area (Å²) in [6, 6.07) is 17.7. The topological polar surface area (TPSA) is 120 Å². The molecule has 0 saturated carbocycles. The Hall–Kier alpha value is -4.67. The van der Waals surface area contributed by atoms with Gasteiger partial charge in [0.05, 0.1) is 0 Å². The summed E-state index contributed by atoms with van der Waals surface area (Å²) in [6.45, 7) is 0. The minimum Gasteiger partial charge on any atom is -0.322 e. The monoisotopic (exact) mass is 652 g/mol. The second-order valence-corrected chi connectivity index (χ2v) is 12.2. The molecule has 1 amide bonds. The molecule has 2 aromatic carbocycles. The number of Topliss-reactive ketones (excluding diaryl/α,β-unsaturated/α-hetero) is 1. The maximum atomic E-state index is 13.1. The molecule has 0 radical (unpaired) electrons. The lowest BCUT2D eigenvalue weighted by atomic mass is 10.0. The van der Waals surface area contributed by atoms with Crippen LogP contribution in [0.5, 0.6) is 0 Å². The first kappa shape index (κ1) is 32.7. The molecule has 234 valence electrons. The predicted molar refractivity (Wildman–Crippen MR) is 181 cm³/mol. The second-order valence-electron chi connectivity index (χ2n) is 10.7. The molecule has 3 aromatic heterocycles. The highest BCUT2D eigenvalue weighted by atomic mass is 35.5. The lowest BCUT2D eigenvalue weighted by molar-refractivity contribution is 0.0977. The quantitative estimate of drug-likeness (QED) is 0.0544. The Balaban J connectivity index is 1.20. The number of carbonyl (C=O) groups is 2. The third-order valence-electron chi connectivity index (χ3n) is 7.26. The molecule has 0 aliphatic carbocycles. The third-order valence-corrected chi connectivity index (χ3v) is 8.55. The number of hydrogen-bond donors (Lipinski definition) is 1. The van der Waals surface area contributed by atoms with Crippen LogP contribution in [0, 0.1) is 0 Å². The van der Waals surface area contributed by atoms with Gasteiger partial charge in [0.2, 0.25) is 0 Å². The Morgan fingerprint density at radius 1 is 0.804 bits per heavy atom. The minimum absolute atomic E-state index is 0.141. The number of thioether (sulfide) groups is 1. The van der Waals surface area contributed by atoms with Crippen molar-refractivity contribution in [1.29, 1.82) is 0 Å². The second kappa shape index (κ2) is 16.6. The van der Waals surface area contributed by atoms with E-state index in [1.807, 2.05) is 22.9 Å². The highest BCUT2D eigenvalue weighted by Gasteiger charge is 2.14. The highest BCUT2D eigenvalue weighted by molar-refractivity contribution is 7.99. The molecule has 9 nitrogen and oxygen atoms in total. The summed E-state index contributed by atoms with van der Waals surface area (Å²) in [4.78, 5) is 54.8. The fourth-order valence-electron chi connectivity index (χ4n) is 4.80. The van der Waals surface area contributed by atoms with E-state index in [1.165, 1.54) is 18.1 Å². The Morgan fingerprint density at radius 3 is 2.22 bits per heavy atom. The van der Waals surface area contributed by atoms with E-state index in [9.17, 15) is 14.4 Å². The molecule has 5 rings (SSSR count). The van der Waals surface area contributed by atoms with Gasteiger partial charge in [-0.3, -0.25) is 23.9 Å². The molecule has 5 aromatic rings. The van der Waals surface area contributed by atoms with Gasteiger partial charge in [0.25, 0.3) is 11.5 Å². The summed E-state index contributed by atoms with van der Waals surface area (Å²) in [5.74, 6) is 0.695. The van der Waals surface area contributed by atoms with E-state index in [-0.39, 0.29) is 17.2 Å². The fraction of sp³-hybridized carbons (Fsp3) is 0.229. The van der Waals surface area contributed by atoms with Gasteiger partial charge in [0, 0.05) is 82.7 Å². The molecule has 0 fully saturated rings. The summed E-state index contributed by atoms with van der Waals surface area (Å²) in [6.07, 6.45) is 15.6. The number of ketones is 1. The van der Waals surface area contributed by atoms with Gasteiger partial charge < -0.3 is 5.32 Å². The first-order valence-electron chi connectivity index (χ1n) is 15.1. The predicted octanol–water partition coefficient (Wildman–Crippen LogP) is 7.23. The van der Waals surface area contributed by atoms with Crippen LogP contribution in [0.15, 0.2) is 108 Å². The van der Waals surface area contributed by atoms with Crippen LogP contribution in [-0.4, -0.2) is 41.9 Å². The number of hydrogen-bond acceptors (Lipinski definition) is 8. The smallest absolute Gasteiger partial charge is 0.277 e. The maximum absolute atomic E-state index is 13.1. The van der Waals surface area contributed by atoms with Crippen molar-refractivity contribution in [2.75, 3.05) is 11.1 Å². The number of rotatable bonds is 15. The summed E-state index contributed by atoms with van der Waals surface area (Å²) in [5.41, 5.74) is 3.68. The Labute approximate surface area is 276 Å². The molecule has 0 aliphatic heterocycles. The summed E-state index contributed by atoms with van der Waals surface area (Å²) < 4.78 is 1.90. The fourth-order valence-corrected chi connectivity index (χ4v) is 5.90. The van der Waals surface area contributed by atoms with Crippen molar-refractivity contribution in [3.63, 3.8) is 0 Å². The Kier molecular flexibility index (Phi) is 11.8. The number of benzene rings is 2. The molecule has 46 heavy (non-hydrogen) atoms. The Bertz CT molecular complexity index is 1800. The van der Waals surface area contributed by atoms with Gasteiger partial charge in [0.1, 0.15) is 6.33 Å². The maximum Gasteiger partial charge on any atom is 0.277 e. The molecule has 0 aliphatic rings. The first-order chi connectivity index (χ1) is 22.5. The molecule has 3 heterocycles. The van der Waals surface area contributed by atoms with Gasteiger partial charge in [-0.05, 0) is 79.1 Å². The van der Waals surface area contributed by atoms with Gasteiger partial charge in [-0.2, -0.15) is 4.98 Å². The normalized spacial score (nSPS) is 10.9. The van der Waals surface area contributed by atoms with Gasteiger partial charge in [-0.15, -0.1) is 0 Å². The molecule has 0 saturated heterocycles. The van der Waals surface area contributed by atoms with E-state index in [0.717, 1.165) is 49.1 Å². The van der Waals surface area contributed by atoms with Crippen LogP contribution in [0.2, 0.25) is 5.02 Å². The molecule has 11 heteroatoms. The van der Waals surface area contributed by atoms with E-state index < -0.39 is 0 Å². The van der Waals surface area contributed by atoms with Crippen LogP contribution in [0.1, 0.15) is 70.4 Å². The van der Waals surface area contributed by atoms with Crippen molar-refractivity contribution >= 4 is 40.7 Å². The molecular weight excluding hydrogens is 620 g/mol. The van der Waals surface area contributed by atoms with Crippen LogP contribution < -0.4 is 10.9 Å². The van der Waals surface area contributed by atoms with Gasteiger partial charge in [-0.1, -0.05) is 42.6 Å². The van der Waals surface area contributed by atoms with Crippen molar-refractivity contribution < 1.29 is 9.59 Å². The number of nitrogens with zero attached hydrogens (tertiary/aromatic N) is 5. The van der Waals surface area contributed by atoms with Crippen molar-refractivity contribution in [2.45, 2.75) is 50.1 Å². The van der Waals surface area contributed by atoms with E-state index in [1.54, 1.807) is 73.3 Å². The average Bonchev–Trinajstić information content (AvgIpc) is 3.08. The molecule has 0 spiro atoms. The SMILES string of the molecule is O=C(CCCCCCCSc1nc(=O)c(Cc2cncnc2)cn1-c1ccc(C(=O)Nc2ccncc2)cc1)c1ccc(Cl)cc1. The van der Waals surface area contributed by atoms with Crippen molar-refractivity contribution in [2.24, 2.45) is 0 Å². The number of anilines is 1. The van der Waals surface area contributed by atoms with E-state index in [0.29, 0.717) is 45.4 Å². The number of unbranched alkanes of at least 4 members (excludes halogenated alkanes) is 4. The largest absolute Gasteiger partial charge is 0.322 e. The van der Waals surface area contributed by atoms with Crippen molar-refractivity contribution in [1.82, 2.24) is 24.5 Å². The number of pyridine rings is 1. The van der Waals surface area contributed by atoms with Gasteiger partial charge >= 0.3 is 0 Å². The van der Waals surface area contributed by atoms with Crippen molar-refractivity contribution in [3.8, 4) is 5.69 Å². The zero-order valence-corrected chi connectivity index (χ0v) is 26.7. The molecule has 1 N–H and O–H groups in total. The number of carbonyl (C=O) groups excluding carboxylic acids is 2. The number of amides is 1. The molecule has 0 bridgehead atoms. The van der Waals surface area contributed by atoms with E-state index in [2.05, 4.69) is 25.3 Å². The van der Waals surface area contributed by atoms with Gasteiger partial charge in [0.15, 0.2) is 10.9 Å². The summed E-state index contributed by atoms with van der Waals surface area (Å²) in [7, 11) is 0. The zero-order chi connectivity index (χ0) is 32.1. The summed E-state index contributed by atoms with van der Waals surface area (Å²) in [5, 5.41) is 4.07. The molecular formula is C35H33ClN6O3S. The lowest BCUT2D eigenvalue weighted by Crippen LogP contribution is -2.19. The first-order valence-corrected chi connectivity index (χ1v) is 16.4. The zero-order valence-electron chi connectivity index (χ0n) is 25.1. The minimum atomic E-state index is -0.290. The van der Waals surface area contributed by atoms with Crippen LogP contribution >= 0.6 is 23.4 Å². The molecule has 0 atom stereocenters. The lowest BCUT2D eigenvalue weighted by Gasteiger charge is -2.15. The van der Waals surface area contributed by atoms with Crippen molar-refractivity contribution in [3.05, 3.63) is 136 Å². The standard InChI is InChI=1S/C35H33ClN6O3S/c36-29-11-7-26(8-12-29)32(43)6-4-2-1-3-5-19-46-35-41-34(45)28(20-25-21-38-24-39-22-25)23-42(35)31-13-9-27(10-14-31)33(44)40-30-15-17-37-18-16-30/h7-18,21-24H,1-6,19-20H2,(H,37,40,44). The molecule has 0 unspecified atom stereocenters. The van der Waals surface area contributed by atoms with E-state index in [4.69, 9.17) is 11.6 Å². The number of aromatic nitrogens is 5. The average molecular weight is 653 g/mol. The van der Waals surface area contributed by atoms with Gasteiger partial charge in [-0.25, -0.2) is 9.97 Å². The third kappa shape index (κ3) is 9.42. The van der Waals surface area contributed by atoms with Crippen LogP contribution in [0.25, 0.3) is 5.69 Å². The Morgan fingerprint density at radius 2 is 1.48 bits per heavy atom. The van der Waals surface area contributed by atoms with Crippen LogP contribution in [0.4, 0.5) is 5.69 Å². The summed E-state index contributed by atoms with van der Waals surface area (Å²) >= 11 is 7.44. The number of nitrogens with one attached hydrogen (secondary N) is 1. The van der Waals surface area contributed by atoms with E-state index >= 15 is 0 Å². The van der Waals surface area contributed by atoms with Crippen LogP contribution in [0.3, 0.4) is 0 Å². The highest BCUT2D eigenvalue weighted by Crippen LogP contribution is 2.23.